The predicted molar refractivity (Wildman–Crippen MR) is 110 cm³/mol. The van der Waals surface area contributed by atoms with Crippen LogP contribution in [0.5, 0.6) is 0 Å². The van der Waals surface area contributed by atoms with Gasteiger partial charge in [0.2, 0.25) is 5.91 Å². The molecule has 0 aromatic heterocycles. The van der Waals surface area contributed by atoms with Gasteiger partial charge < -0.3 is 9.64 Å². The molecule has 0 N–H and O–H groups in total. The molecule has 0 saturated carbocycles. The number of hydrogen-bond donors (Lipinski definition) is 0. The summed E-state index contributed by atoms with van der Waals surface area (Å²) in [6, 6.07) is 18.8. The monoisotopic (exact) mass is 445 g/mol. The highest BCUT2D eigenvalue weighted by molar-refractivity contribution is 9.10. The Morgan fingerprint density at radius 1 is 1.15 bits per heavy atom. The second kappa shape index (κ2) is 7.32. The van der Waals surface area contributed by atoms with Crippen molar-refractivity contribution >= 4 is 39.6 Å². The number of benzene rings is 2. The number of fused-ring (bicyclic) bond motifs is 1. The lowest BCUT2D eigenvalue weighted by Crippen LogP contribution is -2.68. The molecule has 0 radical (unpaired) electrons. The summed E-state index contributed by atoms with van der Waals surface area (Å²) in [5.41, 5.74) is 1.81. The van der Waals surface area contributed by atoms with Gasteiger partial charge in [0.15, 0.2) is 6.10 Å². The number of carbonyl (C=O) groups excluding carboxylic acids is 2. The smallest absolute Gasteiger partial charge is 0.331 e. The van der Waals surface area contributed by atoms with E-state index in [1.54, 1.807) is 16.7 Å². The van der Waals surface area contributed by atoms with Gasteiger partial charge in [-0.05, 0) is 18.1 Å². The lowest BCUT2D eigenvalue weighted by atomic mass is 9.96. The van der Waals surface area contributed by atoms with Gasteiger partial charge in [-0.25, -0.2) is 4.79 Å². The van der Waals surface area contributed by atoms with E-state index in [9.17, 15) is 9.59 Å². The van der Waals surface area contributed by atoms with E-state index >= 15 is 0 Å². The average molecular weight is 446 g/mol. The molecule has 2 aromatic carbocycles. The molecule has 2 unspecified atom stereocenters. The molecule has 1 amide bonds. The van der Waals surface area contributed by atoms with Crippen molar-refractivity contribution in [1.29, 1.82) is 0 Å². The molecule has 2 aliphatic rings. The average Bonchev–Trinajstić information content (AvgIpc) is 2.67. The standard InChI is InChI=1S/C21H20BrNO3S/c1-21(22)13-27-17-12-16(24)23(17)19(21)20(25)26-18(14-8-4-2-5-9-14)15-10-6-3-7-11-15/h2-11,17-19H,12-13H2,1H3/t17-,19?,21?/m1/s1. The molecule has 6 heteroatoms. The number of rotatable bonds is 4. The van der Waals surface area contributed by atoms with Crippen LogP contribution in [0.2, 0.25) is 0 Å². The third kappa shape index (κ3) is 3.52. The molecule has 4 nitrogen and oxygen atoms in total. The normalized spacial score (nSPS) is 27.1. The first-order valence-corrected chi connectivity index (χ1v) is 10.7. The van der Waals surface area contributed by atoms with Crippen molar-refractivity contribution in [1.82, 2.24) is 4.90 Å². The van der Waals surface area contributed by atoms with Gasteiger partial charge in [-0.2, -0.15) is 0 Å². The maximum absolute atomic E-state index is 13.3. The summed E-state index contributed by atoms with van der Waals surface area (Å²) in [6.45, 7) is 1.95. The van der Waals surface area contributed by atoms with Gasteiger partial charge in [0, 0.05) is 5.75 Å². The van der Waals surface area contributed by atoms with E-state index in [4.69, 9.17) is 4.74 Å². The summed E-state index contributed by atoms with van der Waals surface area (Å²) in [5, 5.41) is 0.0765. The van der Waals surface area contributed by atoms with Crippen LogP contribution in [0.1, 0.15) is 30.6 Å². The van der Waals surface area contributed by atoms with Crippen LogP contribution in [0.25, 0.3) is 0 Å². The Morgan fingerprint density at radius 3 is 2.22 bits per heavy atom. The first-order valence-electron chi connectivity index (χ1n) is 8.89. The molecular weight excluding hydrogens is 426 g/mol. The summed E-state index contributed by atoms with van der Waals surface area (Å²) in [7, 11) is 0. The zero-order chi connectivity index (χ0) is 19.0. The summed E-state index contributed by atoms with van der Waals surface area (Å²) in [5.74, 6) is 0.393. The summed E-state index contributed by atoms with van der Waals surface area (Å²) < 4.78 is 5.51. The number of amides is 1. The van der Waals surface area contributed by atoms with E-state index in [-0.39, 0.29) is 17.3 Å². The number of halogens is 1. The fraction of sp³-hybridized carbons (Fsp3) is 0.333. The van der Waals surface area contributed by atoms with Crippen LogP contribution in [0.4, 0.5) is 0 Å². The van der Waals surface area contributed by atoms with Crippen LogP contribution in [0, 0.1) is 0 Å². The third-order valence-corrected chi connectivity index (χ3v) is 7.65. The topological polar surface area (TPSA) is 46.6 Å². The Balaban J connectivity index is 1.64. The number of thioether (sulfide) groups is 1. The highest BCUT2D eigenvalue weighted by Gasteiger charge is 2.56. The second-order valence-electron chi connectivity index (χ2n) is 7.09. The molecule has 27 heavy (non-hydrogen) atoms. The van der Waals surface area contributed by atoms with E-state index in [0.717, 1.165) is 16.9 Å². The molecular formula is C21H20BrNO3S. The van der Waals surface area contributed by atoms with Gasteiger partial charge in [0.1, 0.15) is 6.04 Å². The maximum atomic E-state index is 13.3. The Morgan fingerprint density at radius 2 is 1.70 bits per heavy atom. The third-order valence-electron chi connectivity index (χ3n) is 5.02. The van der Waals surface area contributed by atoms with E-state index in [0.29, 0.717) is 6.42 Å². The van der Waals surface area contributed by atoms with Crippen LogP contribution in [0.15, 0.2) is 60.7 Å². The molecule has 2 fully saturated rings. The number of ether oxygens (including phenoxy) is 1. The van der Waals surface area contributed by atoms with E-state index in [1.807, 2.05) is 67.6 Å². The zero-order valence-electron chi connectivity index (χ0n) is 14.9. The van der Waals surface area contributed by atoms with Gasteiger partial charge >= 0.3 is 5.97 Å². The zero-order valence-corrected chi connectivity index (χ0v) is 17.3. The first-order chi connectivity index (χ1) is 13.0. The molecule has 4 rings (SSSR count). The largest absolute Gasteiger partial charge is 0.451 e. The molecule has 0 aliphatic carbocycles. The highest BCUT2D eigenvalue weighted by Crippen LogP contribution is 2.46. The van der Waals surface area contributed by atoms with Crippen molar-refractivity contribution in [2.75, 3.05) is 5.75 Å². The number of alkyl halides is 1. The minimum atomic E-state index is -0.625. The SMILES string of the molecule is CC1(Br)CS[C@@H]2CC(=O)N2C1C(=O)OC(c1ccccc1)c1ccccc1. The number of esters is 1. The maximum Gasteiger partial charge on any atom is 0.331 e. The molecule has 140 valence electrons. The molecule has 2 heterocycles. The number of hydrogen-bond acceptors (Lipinski definition) is 4. The number of carbonyl (C=O) groups is 2. The van der Waals surface area contributed by atoms with Gasteiger partial charge in [-0.15, -0.1) is 11.8 Å². The van der Waals surface area contributed by atoms with Crippen LogP contribution in [-0.2, 0) is 14.3 Å². The highest BCUT2D eigenvalue weighted by atomic mass is 79.9. The van der Waals surface area contributed by atoms with Gasteiger partial charge in [0.05, 0.1) is 16.1 Å². The lowest BCUT2D eigenvalue weighted by molar-refractivity contribution is -0.166. The summed E-state index contributed by atoms with van der Waals surface area (Å²) in [4.78, 5) is 27.1. The first kappa shape index (κ1) is 18.6. The van der Waals surface area contributed by atoms with Crippen molar-refractivity contribution < 1.29 is 14.3 Å². The minimum absolute atomic E-state index is 0.01000. The summed E-state index contributed by atoms with van der Waals surface area (Å²) >= 11 is 5.38. The van der Waals surface area contributed by atoms with Crippen molar-refractivity contribution in [3.05, 3.63) is 71.8 Å². The van der Waals surface area contributed by atoms with Gasteiger partial charge in [-0.3, -0.25) is 4.79 Å². The van der Waals surface area contributed by atoms with Crippen molar-refractivity contribution in [2.24, 2.45) is 0 Å². The van der Waals surface area contributed by atoms with E-state index in [1.165, 1.54) is 0 Å². The molecule has 2 aromatic rings. The van der Waals surface area contributed by atoms with Crippen molar-refractivity contribution in [3.8, 4) is 0 Å². The number of nitrogens with zero attached hydrogens (tertiary/aromatic N) is 1. The molecule has 0 spiro atoms. The molecule has 2 aliphatic heterocycles. The van der Waals surface area contributed by atoms with Crippen LogP contribution >= 0.6 is 27.7 Å². The quantitative estimate of drug-likeness (QED) is 0.402. The second-order valence-corrected chi connectivity index (χ2v) is 10.1. The minimum Gasteiger partial charge on any atom is -0.451 e. The molecule has 0 bridgehead atoms. The van der Waals surface area contributed by atoms with Crippen LogP contribution < -0.4 is 0 Å². The van der Waals surface area contributed by atoms with Crippen LogP contribution in [0.3, 0.4) is 0 Å². The van der Waals surface area contributed by atoms with E-state index in [2.05, 4.69) is 15.9 Å². The Hall–Kier alpha value is -1.79. The van der Waals surface area contributed by atoms with Crippen molar-refractivity contribution in [2.45, 2.75) is 35.2 Å². The number of β-lactam (4-membered cyclic amide) rings is 1. The van der Waals surface area contributed by atoms with E-state index < -0.39 is 16.5 Å². The Kier molecular flexibility index (Phi) is 5.03. The fourth-order valence-electron chi connectivity index (χ4n) is 3.60. The Bertz CT molecular complexity index is 804. The fourth-order valence-corrected chi connectivity index (χ4v) is 5.74. The van der Waals surface area contributed by atoms with Crippen LogP contribution in [-0.4, -0.2) is 38.3 Å². The Labute approximate surface area is 171 Å². The summed E-state index contributed by atoms with van der Waals surface area (Å²) in [6.07, 6.45) is -0.00851. The van der Waals surface area contributed by atoms with Gasteiger partial charge in [0.25, 0.3) is 0 Å². The predicted octanol–water partition coefficient (Wildman–Crippen LogP) is 4.15. The molecule has 3 atom stereocenters. The van der Waals surface area contributed by atoms with Crippen molar-refractivity contribution in [3.63, 3.8) is 0 Å². The lowest BCUT2D eigenvalue weighted by Gasteiger charge is -2.53. The molecule has 2 saturated heterocycles. The van der Waals surface area contributed by atoms with Gasteiger partial charge in [-0.1, -0.05) is 76.6 Å².